The van der Waals surface area contributed by atoms with Crippen LogP contribution in [0.3, 0.4) is 0 Å². The van der Waals surface area contributed by atoms with Gasteiger partial charge < -0.3 is 28.7 Å². The van der Waals surface area contributed by atoms with Crippen LogP contribution in [-0.2, 0) is 38.5 Å². The Hall–Kier alpha value is -6.11. The summed E-state index contributed by atoms with van der Waals surface area (Å²) < 4.78 is 68.1. The Balaban J connectivity index is 1.33. The van der Waals surface area contributed by atoms with E-state index in [1.165, 1.54) is 24.3 Å². The van der Waals surface area contributed by atoms with Crippen molar-refractivity contribution in [2.24, 2.45) is 0 Å². The number of para-hydroxylation sites is 1. The summed E-state index contributed by atoms with van der Waals surface area (Å²) in [7, 11) is 0. The molecule has 0 saturated carbocycles. The molecule has 0 aliphatic heterocycles. The molecule has 0 fully saturated rings. The molecular formula is C36H28F3NO9. The van der Waals surface area contributed by atoms with Crippen LogP contribution in [0.4, 0.5) is 18.0 Å². The molecular weight excluding hydrogens is 647 g/mol. The van der Waals surface area contributed by atoms with Crippen molar-refractivity contribution in [3.8, 4) is 17.2 Å². The second-order valence-corrected chi connectivity index (χ2v) is 10.5. The van der Waals surface area contributed by atoms with E-state index in [1.54, 1.807) is 66.7 Å². The molecule has 1 amide bonds. The highest BCUT2D eigenvalue weighted by atomic mass is 19.4. The molecule has 1 N–H and O–H groups in total. The molecule has 0 spiro atoms. The third-order valence-electron chi connectivity index (χ3n) is 6.93. The summed E-state index contributed by atoms with van der Waals surface area (Å²) in [5.74, 6) is -4.81. The average Bonchev–Trinajstić information content (AvgIpc) is 3.10. The van der Waals surface area contributed by atoms with Gasteiger partial charge in [-0.2, -0.15) is 13.2 Å². The van der Waals surface area contributed by atoms with Crippen LogP contribution in [0.25, 0.3) is 11.0 Å². The van der Waals surface area contributed by atoms with E-state index in [0.29, 0.717) is 5.56 Å². The molecule has 1 unspecified atom stereocenters. The van der Waals surface area contributed by atoms with Crippen molar-refractivity contribution in [2.45, 2.75) is 38.3 Å². The maximum atomic E-state index is 14.0. The van der Waals surface area contributed by atoms with Crippen molar-refractivity contribution in [1.29, 1.82) is 0 Å². The summed E-state index contributed by atoms with van der Waals surface area (Å²) in [4.78, 5) is 51.5. The van der Waals surface area contributed by atoms with Gasteiger partial charge in [0.1, 0.15) is 36.3 Å². The molecule has 0 radical (unpaired) electrons. The minimum Gasteiger partial charge on any atom is -0.461 e. The summed E-state index contributed by atoms with van der Waals surface area (Å²) in [6, 6.07) is 26.8. The molecule has 1 aromatic heterocycles. The number of hydrogen-bond acceptors (Lipinski definition) is 9. The van der Waals surface area contributed by atoms with Crippen molar-refractivity contribution in [2.75, 3.05) is 0 Å². The molecule has 0 saturated heterocycles. The third-order valence-corrected chi connectivity index (χ3v) is 6.93. The molecule has 4 aromatic carbocycles. The molecule has 1 heterocycles. The maximum Gasteiger partial charge on any atom is 0.453 e. The minimum atomic E-state index is -5.12. The molecule has 10 nitrogen and oxygen atoms in total. The molecule has 1 atom stereocenters. The number of rotatable bonds is 12. The van der Waals surface area contributed by atoms with Crippen molar-refractivity contribution in [3.05, 3.63) is 136 Å². The molecule has 0 bridgehead atoms. The SMILES string of the molecule is O=C(CCC(NC(=O)OCc1ccccc1)C(=O)Oc1ccc2c(=O)c(Oc3ccccc3)c(C(F)(F)F)oc2c1)OCc1ccccc1. The molecule has 0 aliphatic rings. The van der Waals surface area contributed by atoms with Crippen LogP contribution in [-0.4, -0.2) is 24.1 Å². The number of esters is 2. The zero-order valence-corrected chi connectivity index (χ0v) is 25.6. The van der Waals surface area contributed by atoms with Gasteiger partial charge >= 0.3 is 24.2 Å². The standard InChI is InChI=1S/C36H28F3NO9/c37-36(38,39)33-32(47-25-14-8-3-9-15-25)31(42)27-17-16-26(20-29(27)49-33)48-34(43)28(40-35(44)46-22-24-12-6-2-7-13-24)18-19-30(41)45-21-23-10-4-1-5-11-23/h1-17,20,28H,18-19,21-22H2,(H,40,44). The lowest BCUT2D eigenvalue weighted by Crippen LogP contribution is -2.43. The lowest BCUT2D eigenvalue weighted by Gasteiger charge is -2.18. The largest absolute Gasteiger partial charge is 0.461 e. The number of ether oxygens (including phenoxy) is 4. The van der Waals surface area contributed by atoms with Gasteiger partial charge in [-0.15, -0.1) is 0 Å². The van der Waals surface area contributed by atoms with Gasteiger partial charge in [0.05, 0.1) is 5.39 Å². The number of nitrogens with one attached hydrogen (secondary N) is 1. The highest BCUT2D eigenvalue weighted by Gasteiger charge is 2.40. The Bertz CT molecular complexity index is 1970. The number of fused-ring (bicyclic) bond motifs is 1. The van der Waals surface area contributed by atoms with E-state index in [1.807, 2.05) is 0 Å². The summed E-state index contributed by atoms with van der Waals surface area (Å²) in [6.07, 6.45) is -6.69. The summed E-state index contributed by atoms with van der Waals surface area (Å²) >= 11 is 0. The fourth-order valence-corrected chi connectivity index (χ4v) is 4.52. The van der Waals surface area contributed by atoms with Crippen LogP contribution in [0.1, 0.15) is 29.7 Å². The molecule has 5 aromatic rings. The van der Waals surface area contributed by atoms with E-state index in [-0.39, 0.29) is 42.9 Å². The smallest absolute Gasteiger partial charge is 0.453 e. The topological polar surface area (TPSA) is 130 Å². The van der Waals surface area contributed by atoms with Crippen molar-refractivity contribution in [3.63, 3.8) is 0 Å². The first-order valence-corrected chi connectivity index (χ1v) is 14.9. The summed E-state index contributed by atoms with van der Waals surface area (Å²) in [5.41, 5.74) is -0.233. The normalized spacial score (nSPS) is 11.7. The number of alkyl carbamates (subject to hydrolysis) is 1. The Kier molecular flexibility index (Phi) is 10.9. The predicted molar refractivity (Wildman–Crippen MR) is 169 cm³/mol. The fraction of sp³-hybridized carbons (Fsp3) is 0.167. The van der Waals surface area contributed by atoms with Gasteiger partial charge in [0.25, 0.3) is 5.76 Å². The van der Waals surface area contributed by atoms with Crippen LogP contribution in [0.15, 0.2) is 118 Å². The number of benzene rings is 4. The van der Waals surface area contributed by atoms with Gasteiger partial charge in [0.15, 0.2) is 0 Å². The van der Waals surface area contributed by atoms with E-state index in [4.69, 9.17) is 23.4 Å². The average molecular weight is 676 g/mol. The van der Waals surface area contributed by atoms with Crippen molar-refractivity contribution >= 4 is 29.0 Å². The number of carbonyl (C=O) groups excluding carboxylic acids is 3. The number of amides is 1. The van der Waals surface area contributed by atoms with Crippen LogP contribution >= 0.6 is 0 Å². The zero-order valence-electron chi connectivity index (χ0n) is 25.6. The zero-order chi connectivity index (χ0) is 34.8. The molecule has 13 heteroatoms. The second kappa shape index (κ2) is 15.7. The monoisotopic (exact) mass is 675 g/mol. The lowest BCUT2D eigenvalue weighted by molar-refractivity contribution is -0.154. The highest BCUT2D eigenvalue weighted by molar-refractivity contribution is 5.85. The lowest BCUT2D eigenvalue weighted by atomic mass is 10.1. The Morgan fingerprint density at radius 2 is 1.35 bits per heavy atom. The second-order valence-electron chi connectivity index (χ2n) is 10.5. The van der Waals surface area contributed by atoms with Gasteiger partial charge in [0.2, 0.25) is 11.2 Å². The first kappa shape index (κ1) is 34.2. The molecule has 49 heavy (non-hydrogen) atoms. The first-order chi connectivity index (χ1) is 23.6. The van der Waals surface area contributed by atoms with Crippen molar-refractivity contribution in [1.82, 2.24) is 5.32 Å². The quantitative estimate of drug-likeness (QED) is 0.107. The van der Waals surface area contributed by atoms with E-state index in [0.717, 1.165) is 23.8 Å². The van der Waals surface area contributed by atoms with Gasteiger partial charge in [-0.1, -0.05) is 78.9 Å². The maximum absolute atomic E-state index is 14.0. The minimum absolute atomic E-state index is 0.0123. The Morgan fingerprint density at radius 3 is 1.96 bits per heavy atom. The summed E-state index contributed by atoms with van der Waals surface area (Å²) in [6.45, 7) is -0.129. The summed E-state index contributed by atoms with van der Waals surface area (Å²) in [5, 5.41) is 2.08. The number of halogens is 3. The van der Waals surface area contributed by atoms with Crippen molar-refractivity contribution < 1.29 is 50.9 Å². The van der Waals surface area contributed by atoms with Gasteiger partial charge in [0, 0.05) is 12.5 Å². The Morgan fingerprint density at radius 1 is 0.755 bits per heavy atom. The van der Waals surface area contributed by atoms with Crippen LogP contribution in [0, 0.1) is 0 Å². The highest BCUT2D eigenvalue weighted by Crippen LogP contribution is 2.38. The van der Waals surface area contributed by atoms with Crippen LogP contribution in [0.2, 0.25) is 0 Å². The van der Waals surface area contributed by atoms with E-state index in [9.17, 15) is 32.3 Å². The molecule has 5 rings (SSSR count). The van der Waals surface area contributed by atoms with E-state index >= 15 is 0 Å². The predicted octanol–water partition coefficient (Wildman–Crippen LogP) is 7.33. The van der Waals surface area contributed by atoms with Gasteiger partial charge in [-0.25, -0.2) is 9.59 Å². The third kappa shape index (κ3) is 9.47. The number of hydrogen-bond donors (Lipinski definition) is 1. The van der Waals surface area contributed by atoms with Gasteiger partial charge in [-0.3, -0.25) is 9.59 Å². The molecule has 252 valence electrons. The van der Waals surface area contributed by atoms with Gasteiger partial charge in [-0.05, 0) is 41.8 Å². The fourth-order valence-electron chi connectivity index (χ4n) is 4.52. The number of carbonyl (C=O) groups is 3. The van der Waals surface area contributed by atoms with Crippen LogP contribution in [0.5, 0.6) is 17.2 Å². The first-order valence-electron chi connectivity index (χ1n) is 14.9. The number of alkyl halides is 3. The van der Waals surface area contributed by atoms with E-state index in [2.05, 4.69) is 5.32 Å². The molecule has 0 aliphatic carbocycles. The Labute approximate surface area is 277 Å². The van der Waals surface area contributed by atoms with E-state index < -0.39 is 52.8 Å². The van der Waals surface area contributed by atoms with Crippen LogP contribution < -0.4 is 20.2 Å².